The standard InChI is InChI=1S/C12H21N3O/c1-4-7-13-12(16)10(2)14-11-5-8-15(3)9-6-11/h1,10-11,14H,5-9H2,2-3H3,(H,13,16). The summed E-state index contributed by atoms with van der Waals surface area (Å²) in [5.41, 5.74) is 0. The fourth-order valence-electron chi connectivity index (χ4n) is 1.90. The molecule has 1 fully saturated rings. The number of carbonyl (C=O) groups excluding carboxylic acids is 1. The van der Waals surface area contributed by atoms with Gasteiger partial charge in [-0.3, -0.25) is 4.79 Å². The van der Waals surface area contributed by atoms with Crippen LogP contribution in [0.2, 0.25) is 0 Å². The fourth-order valence-corrected chi connectivity index (χ4v) is 1.90. The second-order valence-corrected chi connectivity index (χ2v) is 4.39. The maximum Gasteiger partial charge on any atom is 0.237 e. The lowest BCUT2D eigenvalue weighted by Gasteiger charge is -2.31. The van der Waals surface area contributed by atoms with Crippen LogP contribution in [-0.4, -0.2) is 49.6 Å². The normalized spacial score (nSPS) is 20.1. The number of amides is 1. The Labute approximate surface area is 97.8 Å². The van der Waals surface area contributed by atoms with Crippen LogP contribution in [0.1, 0.15) is 19.8 Å². The summed E-state index contributed by atoms with van der Waals surface area (Å²) in [6.45, 7) is 4.37. The van der Waals surface area contributed by atoms with Crippen molar-refractivity contribution in [2.45, 2.75) is 31.8 Å². The number of nitrogens with zero attached hydrogens (tertiary/aromatic N) is 1. The van der Waals surface area contributed by atoms with Gasteiger partial charge < -0.3 is 15.5 Å². The molecule has 0 aliphatic carbocycles. The zero-order chi connectivity index (χ0) is 12.0. The third kappa shape index (κ3) is 4.21. The number of carbonyl (C=O) groups is 1. The van der Waals surface area contributed by atoms with Gasteiger partial charge in [0.2, 0.25) is 5.91 Å². The molecule has 1 unspecified atom stereocenters. The smallest absolute Gasteiger partial charge is 0.237 e. The Hall–Kier alpha value is -1.05. The van der Waals surface area contributed by atoms with E-state index in [1.54, 1.807) is 0 Å². The summed E-state index contributed by atoms with van der Waals surface area (Å²) in [5, 5.41) is 6.02. The molecule has 2 N–H and O–H groups in total. The quantitative estimate of drug-likeness (QED) is 0.649. The molecule has 1 saturated heterocycles. The number of likely N-dealkylation sites (tertiary alicyclic amines) is 1. The van der Waals surface area contributed by atoms with Gasteiger partial charge in [0.25, 0.3) is 0 Å². The molecule has 1 heterocycles. The highest BCUT2D eigenvalue weighted by atomic mass is 16.2. The molecule has 90 valence electrons. The number of terminal acetylenes is 1. The van der Waals surface area contributed by atoms with Crippen LogP contribution in [-0.2, 0) is 4.79 Å². The van der Waals surface area contributed by atoms with Crippen LogP contribution in [0.15, 0.2) is 0 Å². The first kappa shape index (κ1) is 13.0. The summed E-state index contributed by atoms with van der Waals surface area (Å²) in [5.74, 6) is 2.38. The van der Waals surface area contributed by atoms with Gasteiger partial charge in [0.15, 0.2) is 0 Å². The minimum absolute atomic E-state index is 0.0168. The molecule has 1 atom stereocenters. The minimum Gasteiger partial charge on any atom is -0.344 e. The predicted octanol–water partition coefficient (Wildman–Crippen LogP) is -0.192. The predicted molar refractivity (Wildman–Crippen MR) is 65.0 cm³/mol. The summed E-state index contributed by atoms with van der Waals surface area (Å²) in [7, 11) is 2.12. The lowest BCUT2D eigenvalue weighted by molar-refractivity contribution is -0.122. The van der Waals surface area contributed by atoms with E-state index >= 15 is 0 Å². The number of rotatable bonds is 4. The van der Waals surface area contributed by atoms with Crippen molar-refractivity contribution in [3.8, 4) is 12.3 Å². The average molecular weight is 223 g/mol. The van der Waals surface area contributed by atoms with Crippen LogP contribution >= 0.6 is 0 Å². The average Bonchev–Trinajstić information content (AvgIpc) is 2.29. The van der Waals surface area contributed by atoms with E-state index in [1.165, 1.54) is 0 Å². The summed E-state index contributed by atoms with van der Waals surface area (Å²) in [4.78, 5) is 13.9. The van der Waals surface area contributed by atoms with Gasteiger partial charge in [0.05, 0.1) is 12.6 Å². The molecular formula is C12H21N3O. The van der Waals surface area contributed by atoms with Crippen molar-refractivity contribution < 1.29 is 4.79 Å². The first-order valence-electron chi connectivity index (χ1n) is 5.79. The Morgan fingerprint density at radius 1 is 1.56 bits per heavy atom. The van der Waals surface area contributed by atoms with Gasteiger partial charge in [-0.2, -0.15) is 0 Å². The first-order valence-corrected chi connectivity index (χ1v) is 5.79. The van der Waals surface area contributed by atoms with Gasteiger partial charge in [-0.25, -0.2) is 0 Å². The Bertz CT molecular complexity index is 264. The molecule has 4 nitrogen and oxygen atoms in total. The lowest BCUT2D eigenvalue weighted by atomic mass is 10.0. The van der Waals surface area contributed by atoms with E-state index in [0.717, 1.165) is 25.9 Å². The third-order valence-electron chi connectivity index (χ3n) is 2.96. The molecule has 0 bridgehead atoms. The number of hydrogen-bond donors (Lipinski definition) is 2. The molecule has 0 aromatic heterocycles. The van der Waals surface area contributed by atoms with Crippen molar-refractivity contribution in [2.24, 2.45) is 0 Å². The fraction of sp³-hybridized carbons (Fsp3) is 0.750. The highest BCUT2D eigenvalue weighted by Crippen LogP contribution is 2.08. The SMILES string of the molecule is C#CCNC(=O)C(C)NC1CCN(C)CC1. The summed E-state index contributed by atoms with van der Waals surface area (Å²) in [6, 6.07) is 0.282. The number of nitrogens with one attached hydrogen (secondary N) is 2. The van der Waals surface area contributed by atoms with Gasteiger partial charge in [-0.15, -0.1) is 6.42 Å². The molecular weight excluding hydrogens is 202 g/mol. The van der Waals surface area contributed by atoms with E-state index in [4.69, 9.17) is 6.42 Å². The molecule has 1 amide bonds. The Morgan fingerprint density at radius 3 is 2.75 bits per heavy atom. The molecule has 0 saturated carbocycles. The van der Waals surface area contributed by atoms with E-state index in [-0.39, 0.29) is 11.9 Å². The van der Waals surface area contributed by atoms with Crippen LogP contribution in [0, 0.1) is 12.3 Å². The van der Waals surface area contributed by atoms with E-state index in [2.05, 4.69) is 28.5 Å². The lowest BCUT2D eigenvalue weighted by Crippen LogP contribution is -2.49. The molecule has 4 heteroatoms. The first-order chi connectivity index (χ1) is 7.63. The molecule has 0 aromatic rings. The monoisotopic (exact) mass is 223 g/mol. The highest BCUT2D eigenvalue weighted by Gasteiger charge is 2.20. The third-order valence-corrected chi connectivity index (χ3v) is 2.96. The molecule has 1 aliphatic heterocycles. The van der Waals surface area contributed by atoms with Crippen LogP contribution in [0.25, 0.3) is 0 Å². The van der Waals surface area contributed by atoms with Gasteiger partial charge in [-0.1, -0.05) is 5.92 Å². The maximum atomic E-state index is 11.6. The molecule has 1 aliphatic rings. The minimum atomic E-state index is -0.165. The molecule has 1 rings (SSSR count). The summed E-state index contributed by atoms with van der Waals surface area (Å²) >= 11 is 0. The van der Waals surface area contributed by atoms with Crippen molar-refractivity contribution in [2.75, 3.05) is 26.7 Å². The van der Waals surface area contributed by atoms with Crippen molar-refractivity contribution >= 4 is 5.91 Å². The Balaban J connectivity index is 2.25. The van der Waals surface area contributed by atoms with Gasteiger partial charge in [0, 0.05) is 6.04 Å². The second-order valence-electron chi connectivity index (χ2n) is 4.39. The Morgan fingerprint density at radius 2 is 2.19 bits per heavy atom. The maximum absolute atomic E-state index is 11.6. The van der Waals surface area contributed by atoms with Gasteiger partial charge >= 0.3 is 0 Å². The van der Waals surface area contributed by atoms with Crippen molar-refractivity contribution in [3.05, 3.63) is 0 Å². The van der Waals surface area contributed by atoms with Crippen LogP contribution in [0.4, 0.5) is 0 Å². The van der Waals surface area contributed by atoms with Gasteiger partial charge in [0.1, 0.15) is 0 Å². The van der Waals surface area contributed by atoms with Crippen molar-refractivity contribution in [1.82, 2.24) is 15.5 Å². The molecule has 0 radical (unpaired) electrons. The summed E-state index contributed by atoms with van der Waals surface area (Å²) in [6.07, 6.45) is 7.29. The number of hydrogen-bond acceptors (Lipinski definition) is 3. The van der Waals surface area contributed by atoms with Crippen LogP contribution in [0.3, 0.4) is 0 Å². The topological polar surface area (TPSA) is 44.4 Å². The molecule has 16 heavy (non-hydrogen) atoms. The summed E-state index contributed by atoms with van der Waals surface area (Å²) < 4.78 is 0. The Kier molecular flexibility index (Phi) is 5.30. The molecule has 0 spiro atoms. The van der Waals surface area contributed by atoms with E-state index in [1.807, 2.05) is 6.92 Å². The van der Waals surface area contributed by atoms with Crippen LogP contribution in [0.5, 0.6) is 0 Å². The zero-order valence-corrected chi connectivity index (χ0v) is 10.1. The van der Waals surface area contributed by atoms with E-state index in [0.29, 0.717) is 12.6 Å². The van der Waals surface area contributed by atoms with Crippen molar-refractivity contribution in [3.63, 3.8) is 0 Å². The van der Waals surface area contributed by atoms with E-state index < -0.39 is 0 Å². The molecule has 0 aromatic carbocycles. The van der Waals surface area contributed by atoms with Crippen LogP contribution < -0.4 is 10.6 Å². The highest BCUT2D eigenvalue weighted by molar-refractivity contribution is 5.81. The second kappa shape index (κ2) is 6.51. The zero-order valence-electron chi connectivity index (χ0n) is 10.1. The number of piperidine rings is 1. The van der Waals surface area contributed by atoms with E-state index in [9.17, 15) is 4.79 Å². The van der Waals surface area contributed by atoms with Gasteiger partial charge in [-0.05, 0) is 39.9 Å². The van der Waals surface area contributed by atoms with Crippen molar-refractivity contribution in [1.29, 1.82) is 0 Å². The largest absolute Gasteiger partial charge is 0.344 e.